The number of carbonyl (C=O) groups excluding carboxylic acids is 1. The predicted molar refractivity (Wildman–Crippen MR) is 103 cm³/mol. The van der Waals surface area contributed by atoms with Crippen molar-refractivity contribution < 1.29 is 14.3 Å². The Morgan fingerprint density at radius 1 is 1.15 bits per heavy atom. The first-order valence-electron chi connectivity index (χ1n) is 9.23. The molecule has 1 aromatic carbocycles. The molecule has 0 atom stereocenters. The third kappa shape index (κ3) is 6.97. The summed E-state index contributed by atoms with van der Waals surface area (Å²) in [6.45, 7) is 10.3. The minimum Gasteiger partial charge on any atom is -0.494 e. The lowest BCUT2D eigenvalue weighted by molar-refractivity contribution is 0.0139. The van der Waals surface area contributed by atoms with Crippen LogP contribution in [0, 0.1) is 12.3 Å². The maximum absolute atomic E-state index is 12.1. The Bertz CT molecular complexity index is 606. The standard InChI is InChI=1S/C21H30N2O3/c1-5-6-7-16-25-19-10-8-18(9-11-19)17-22-12-14-23(15-13-22)20(24)26-21(2,3)4/h1,8-11H,6-7,12-17H2,2-4H3. The first kappa shape index (κ1) is 20.1. The number of ether oxygens (including phenoxy) is 2. The van der Waals surface area contributed by atoms with Crippen molar-refractivity contribution >= 4 is 6.09 Å². The molecule has 0 bridgehead atoms. The first-order chi connectivity index (χ1) is 12.4. The van der Waals surface area contributed by atoms with Crippen LogP contribution in [0.2, 0.25) is 0 Å². The topological polar surface area (TPSA) is 42.0 Å². The van der Waals surface area contributed by atoms with Crippen LogP contribution in [0.1, 0.15) is 39.2 Å². The summed E-state index contributed by atoms with van der Waals surface area (Å²) in [4.78, 5) is 16.2. The molecule has 0 aromatic heterocycles. The average Bonchev–Trinajstić information content (AvgIpc) is 2.59. The Labute approximate surface area is 157 Å². The molecule has 1 aromatic rings. The number of carbonyl (C=O) groups is 1. The van der Waals surface area contributed by atoms with E-state index in [1.807, 2.05) is 32.9 Å². The van der Waals surface area contributed by atoms with E-state index in [-0.39, 0.29) is 6.09 Å². The largest absolute Gasteiger partial charge is 0.494 e. The zero-order valence-electron chi connectivity index (χ0n) is 16.2. The van der Waals surface area contributed by atoms with Gasteiger partial charge in [-0.25, -0.2) is 4.79 Å². The van der Waals surface area contributed by atoms with Gasteiger partial charge in [-0.1, -0.05) is 12.1 Å². The van der Waals surface area contributed by atoms with Crippen molar-refractivity contribution in [3.05, 3.63) is 29.8 Å². The number of terminal acetylenes is 1. The summed E-state index contributed by atoms with van der Waals surface area (Å²) in [5.74, 6) is 3.49. The van der Waals surface area contributed by atoms with Gasteiger partial charge in [-0.3, -0.25) is 4.90 Å². The molecule has 0 unspecified atom stereocenters. The maximum Gasteiger partial charge on any atom is 0.410 e. The average molecular weight is 358 g/mol. The molecule has 1 aliphatic rings. The molecule has 26 heavy (non-hydrogen) atoms. The normalized spacial score (nSPS) is 15.4. The molecule has 5 heteroatoms. The molecule has 2 rings (SSSR count). The second-order valence-corrected chi connectivity index (χ2v) is 7.54. The Morgan fingerprint density at radius 2 is 1.81 bits per heavy atom. The molecule has 1 fully saturated rings. The zero-order valence-corrected chi connectivity index (χ0v) is 16.2. The van der Waals surface area contributed by atoms with Gasteiger partial charge in [-0.15, -0.1) is 12.3 Å². The molecular formula is C21H30N2O3. The number of rotatable bonds is 6. The molecule has 0 radical (unpaired) electrons. The van der Waals surface area contributed by atoms with Gasteiger partial charge in [0.05, 0.1) is 6.61 Å². The molecular weight excluding hydrogens is 328 g/mol. The molecule has 142 valence electrons. The molecule has 1 heterocycles. The predicted octanol–water partition coefficient (Wildman–Crippen LogP) is 3.53. The molecule has 1 amide bonds. The summed E-state index contributed by atoms with van der Waals surface area (Å²) < 4.78 is 11.1. The van der Waals surface area contributed by atoms with Crippen molar-refractivity contribution in [1.29, 1.82) is 0 Å². The van der Waals surface area contributed by atoms with Gasteiger partial charge in [-0.2, -0.15) is 0 Å². The smallest absolute Gasteiger partial charge is 0.410 e. The highest BCUT2D eigenvalue weighted by Crippen LogP contribution is 2.16. The number of benzene rings is 1. The summed E-state index contributed by atoms with van der Waals surface area (Å²) >= 11 is 0. The van der Waals surface area contributed by atoms with Crippen LogP contribution in [-0.4, -0.2) is 54.3 Å². The van der Waals surface area contributed by atoms with E-state index in [4.69, 9.17) is 15.9 Å². The van der Waals surface area contributed by atoms with Gasteiger partial charge >= 0.3 is 6.09 Å². The summed E-state index contributed by atoms with van der Waals surface area (Å²) in [6.07, 6.45) is 6.63. The quantitative estimate of drug-likeness (QED) is 0.576. The van der Waals surface area contributed by atoms with Crippen LogP contribution < -0.4 is 4.74 Å². The highest BCUT2D eigenvalue weighted by molar-refractivity contribution is 5.68. The van der Waals surface area contributed by atoms with Crippen molar-refractivity contribution in [2.45, 2.75) is 45.8 Å². The second-order valence-electron chi connectivity index (χ2n) is 7.54. The minimum atomic E-state index is -0.446. The second kappa shape index (κ2) is 9.49. The van der Waals surface area contributed by atoms with Crippen LogP contribution in [-0.2, 0) is 11.3 Å². The molecule has 5 nitrogen and oxygen atoms in total. The summed E-state index contributed by atoms with van der Waals surface area (Å²) in [7, 11) is 0. The number of hydrogen-bond donors (Lipinski definition) is 0. The van der Waals surface area contributed by atoms with E-state index in [2.05, 4.69) is 23.0 Å². The fourth-order valence-electron chi connectivity index (χ4n) is 2.73. The molecule has 0 N–H and O–H groups in total. The number of unbranched alkanes of at least 4 members (excludes halogenated alkanes) is 1. The lowest BCUT2D eigenvalue weighted by atomic mass is 10.2. The van der Waals surface area contributed by atoms with Crippen molar-refractivity contribution in [3.8, 4) is 18.1 Å². The van der Waals surface area contributed by atoms with Gasteiger partial charge in [0.1, 0.15) is 11.4 Å². The minimum absolute atomic E-state index is 0.219. The first-order valence-corrected chi connectivity index (χ1v) is 9.23. The molecule has 0 aliphatic carbocycles. The Balaban J connectivity index is 1.73. The highest BCUT2D eigenvalue weighted by Gasteiger charge is 2.25. The summed E-state index contributed by atoms with van der Waals surface area (Å²) in [6, 6.07) is 8.19. The van der Waals surface area contributed by atoms with Crippen molar-refractivity contribution in [3.63, 3.8) is 0 Å². The fourth-order valence-corrected chi connectivity index (χ4v) is 2.73. The highest BCUT2D eigenvalue weighted by atomic mass is 16.6. The van der Waals surface area contributed by atoms with E-state index < -0.39 is 5.60 Å². The third-order valence-electron chi connectivity index (χ3n) is 4.09. The summed E-state index contributed by atoms with van der Waals surface area (Å²) in [5, 5.41) is 0. The lowest BCUT2D eigenvalue weighted by Crippen LogP contribution is -2.49. The van der Waals surface area contributed by atoms with Crippen LogP contribution >= 0.6 is 0 Å². The van der Waals surface area contributed by atoms with E-state index >= 15 is 0 Å². The van der Waals surface area contributed by atoms with Crippen LogP contribution in [0.4, 0.5) is 4.79 Å². The molecule has 1 aliphatic heterocycles. The maximum atomic E-state index is 12.1. The monoisotopic (exact) mass is 358 g/mol. The van der Waals surface area contributed by atoms with Crippen molar-refractivity contribution in [2.75, 3.05) is 32.8 Å². The summed E-state index contributed by atoms with van der Waals surface area (Å²) in [5.41, 5.74) is 0.797. The van der Waals surface area contributed by atoms with Gasteiger partial charge in [0.2, 0.25) is 0 Å². The van der Waals surface area contributed by atoms with Crippen molar-refractivity contribution in [2.24, 2.45) is 0 Å². The SMILES string of the molecule is C#CCCCOc1ccc(CN2CCN(C(=O)OC(C)(C)C)CC2)cc1. The van der Waals surface area contributed by atoms with E-state index in [1.54, 1.807) is 4.90 Å². The third-order valence-corrected chi connectivity index (χ3v) is 4.09. The van der Waals surface area contributed by atoms with E-state index in [0.717, 1.165) is 38.2 Å². The number of hydrogen-bond acceptors (Lipinski definition) is 4. The lowest BCUT2D eigenvalue weighted by Gasteiger charge is -2.35. The van der Waals surface area contributed by atoms with Gasteiger partial charge < -0.3 is 14.4 Å². The van der Waals surface area contributed by atoms with Crippen LogP contribution in [0.5, 0.6) is 5.75 Å². The van der Waals surface area contributed by atoms with E-state index in [1.165, 1.54) is 5.56 Å². The Morgan fingerprint density at radius 3 is 2.38 bits per heavy atom. The zero-order chi connectivity index (χ0) is 19.0. The van der Waals surface area contributed by atoms with Gasteiger partial charge in [0, 0.05) is 39.1 Å². The van der Waals surface area contributed by atoms with Crippen LogP contribution in [0.3, 0.4) is 0 Å². The molecule has 1 saturated heterocycles. The van der Waals surface area contributed by atoms with Gasteiger partial charge in [-0.05, 0) is 44.9 Å². The van der Waals surface area contributed by atoms with E-state index in [9.17, 15) is 4.79 Å². The molecule has 0 saturated carbocycles. The number of nitrogens with zero attached hydrogens (tertiary/aromatic N) is 2. The van der Waals surface area contributed by atoms with Crippen molar-refractivity contribution in [1.82, 2.24) is 9.80 Å². The van der Waals surface area contributed by atoms with Crippen LogP contribution in [0.25, 0.3) is 0 Å². The Hall–Kier alpha value is -2.19. The molecule has 0 spiro atoms. The van der Waals surface area contributed by atoms with Crippen LogP contribution in [0.15, 0.2) is 24.3 Å². The van der Waals surface area contributed by atoms with Gasteiger partial charge in [0.25, 0.3) is 0 Å². The fraction of sp³-hybridized carbons (Fsp3) is 0.571. The number of amides is 1. The van der Waals surface area contributed by atoms with E-state index in [0.29, 0.717) is 19.7 Å². The Kier molecular flexibility index (Phi) is 7.35. The number of piperazine rings is 1. The van der Waals surface area contributed by atoms with Gasteiger partial charge in [0.15, 0.2) is 0 Å².